The van der Waals surface area contributed by atoms with Gasteiger partial charge >= 0.3 is 5.97 Å². The summed E-state index contributed by atoms with van der Waals surface area (Å²) in [6.45, 7) is 6.42. The minimum atomic E-state index is -0.836. The lowest BCUT2D eigenvalue weighted by Crippen LogP contribution is -2.39. The first-order valence-electron chi connectivity index (χ1n) is 9.92. The molecule has 3 amide bonds. The highest BCUT2D eigenvalue weighted by molar-refractivity contribution is 8.18. The molecule has 1 saturated heterocycles. The molecule has 1 aromatic rings. The molecule has 1 aliphatic rings. The molecular formula is C22H28N2O5S. The summed E-state index contributed by atoms with van der Waals surface area (Å²) in [4.78, 5) is 48.5. The van der Waals surface area contributed by atoms with Crippen LogP contribution in [0, 0.1) is 0 Å². The van der Waals surface area contributed by atoms with Crippen molar-refractivity contribution in [3.8, 4) is 0 Å². The fourth-order valence-corrected chi connectivity index (χ4v) is 3.71. The molecule has 0 radical (unpaired) electrons. The molecular weight excluding hydrogens is 404 g/mol. The molecule has 30 heavy (non-hydrogen) atoms. The number of hydrogen-bond acceptors (Lipinski definition) is 5. The van der Waals surface area contributed by atoms with Crippen molar-refractivity contribution in [2.24, 2.45) is 0 Å². The van der Waals surface area contributed by atoms with Crippen molar-refractivity contribution in [3.05, 3.63) is 40.3 Å². The predicted molar refractivity (Wildman–Crippen MR) is 117 cm³/mol. The van der Waals surface area contributed by atoms with Crippen LogP contribution in [-0.2, 0) is 19.8 Å². The smallest absolute Gasteiger partial charge is 0.303 e. The van der Waals surface area contributed by atoms with Gasteiger partial charge in [-0.2, -0.15) is 0 Å². The van der Waals surface area contributed by atoms with Crippen LogP contribution in [0.4, 0.5) is 4.79 Å². The first-order chi connectivity index (χ1) is 14.1. The molecule has 7 nitrogen and oxygen atoms in total. The number of amides is 3. The van der Waals surface area contributed by atoms with Crippen LogP contribution in [0.3, 0.4) is 0 Å². The van der Waals surface area contributed by atoms with Crippen LogP contribution in [0.1, 0.15) is 57.6 Å². The molecule has 0 bridgehead atoms. The molecule has 8 heteroatoms. The molecule has 1 aromatic carbocycles. The monoisotopic (exact) mass is 432 g/mol. The molecule has 1 heterocycles. The molecule has 2 rings (SSSR count). The number of nitrogens with zero attached hydrogens (tertiary/aromatic N) is 1. The number of hydrogen-bond donors (Lipinski definition) is 2. The molecule has 1 fully saturated rings. The number of rotatable bonds is 9. The molecule has 0 unspecified atom stereocenters. The standard InChI is InChI=1S/C22H28N2O5S/c1-22(2,3)16-10-8-15(9-11-16)13-17-20(28)24(21(29)30-17)14-18(25)23-12-6-4-5-7-19(26)27/h8-11,13H,4-7,12,14H2,1-3H3,(H,23,25)(H,26,27)/b17-13-. The van der Waals surface area contributed by atoms with E-state index in [1.54, 1.807) is 6.08 Å². The summed E-state index contributed by atoms with van der Waals surface area (Å²) in [5, 5.41) is 10.8. The molecule has 0 aromatic heterocycles. The summed E-state index contributed by atoms with van der Waals surface area (Å²) >= 11 is 0.829. The number of benzene rings is 1. The van der Waals surface area contributed by atoms with Gasteiger partial charge in [-0.1, -0.05) is 51.5 Å². The van der Waals surface area contributed by atoms with Crippen LogP contribution >= 0.6 is 11.8 Å². The third kappa shape index (κ3) is 7.02. The number of unbranched alkanes of at least 4 members (excludes halogenated alkanes) is 2. The number of imide groups is 1. The van der Waals surface area contributed by atoms with Crippen molar-refractivity contribution in [1.82, 2.24) is 10.2 Å². The third-order valence-electron chi connectivity index (χ3n) is 4.64. The van der Waals surface area contributed by atoms with Crippen molar-refractivity contribution >= 4 is 40.9 Å². The van der Waals surface area contributed by atoms with Gasteiger partial charge in [0, 0.05) is 13.0 Å². The second-order valence-corrected chi connectivity index (χ2v) is 9.19. The average Bonchev–Trinajstić information content (AvgIpc) is 2.91. The summed E-state index contributed by atoms with van der Waals surface area (Å²) in [7, 11) is 0. The van der Waals surface area contributed by atoms with Crippen molar-refractivity contribution < 1.29 is 24.3 Å². The van der Waals surface area contributed by atoms with Crippen LogP contribution in [0.25, 0.3) is 6.08 Å². The van der Waals surface area contributed by atoms with E-state index in [2.05, 4.69) is 26.1 Å². The van der Waals surface area contributed by atoms with Gasteiger partial charge in [0.25, 0.3) is 11.1 Å². The fourth-order valence-electron chi connectivity index (χ4n) is 2.87. The number of carboxylic acids is 1. The maximum absolute atomic E-state index is 12.5. The SMILES string of the molecule is CC(C)(C)c1ccc(/C=C2\SC(=O)N(CC(=O)NCCCCCC(=O)O)C2=O)cc1. The van der Waals surface area contributed by atoms with Gasteiger partial charge in [-0.3, -0.25) is 24.1 Å². The minimum absolute atomic E-state index is 0.0278. The van der Waals surface area contributed by atoms with E-state index < -0.39 is 23.0 Å². The fraction of sp³-hybridized carbons (Fsp3) is 0.455. The zero-order chi connectivity index (χ0) is 22.3. The average molecular weight is 433 g/mol. The Morgan fingerprint density at radius 1 is 1.10 bits per heavy atom. The minimum Gasteiger partial charge on any atom is -0.481 e. The van der Waals surface area contributed by atoms with Gasteiger partial charge in [0.05, 0.1) is 4.91 Å². The summed E-state index contributed by atoms with van der Waals surface area (Å²) in [5.41, 5.74) is 2.02. The van der Waals surface area contributed by atoms with Gasteiger partial charge in [-0.25, -0.2) is 0 Å². The molecule has 0 aliphatic carbocycles. The first kappa shape index (κ1) is 23.7. The van der Waals surface area contributed by atoms with Gasteiger partial charge in [0.1, 0.15) is 6.54 Å². The van der Waals surface area contributed by atoms with E-state index in [4.69, 9.17) is 5.11 Å². The highest BCUT2D eigenvalue weighted by atomic mass is 32.2. The summed E-state index contributed by atoms with van der Waals surface area (Å²) in [6, 6.07) is 7.82. The lowest BCUT2D eigenvalue weighted by Gasteiger charge is -2.18. The Labute approximate surface area is 180 Å². The molecule has 1 aliphatic heterocycles. The normalized spacial score (nSPS) is 15.7. The number of aliphatic carboxylic acids is 1. The Bertz CT molecular complexity index is 840. The summed E-state index contributed by atoms with van der Waals surface area (Å²) in [6.07, 6.45) is 3.65. The topological polar surface area (TPSA) is 104 Å². The van der Waals surface area contributed by atoms with E-state index in [0.29, 0.717) is 30.7 Å². The van der Waals surface area contributed by atoms with Gasteiger partial charge in [0.2, 0.25) is 5.91 Å². The van der Waals surface area contributed by atoms with Crippen molar-refractivity contribution in [1.29, 1.82) is 0 Å². The number of carboxylic acid groups (broad SMARTS) is 1. The second-order valence-electron chi connectivity index (χ2n) is 8.19. The van der Waals surface area contributed by atoms with Gasteiger partial charge in [-0.05, 0) is 47.2 Å². The van der Waals surface area contributed by atoms with Crippen LogP contribution in [0.15, 0.2) is 29.2 Å². The Balaban J connectivity index is 1.87. The van der Waals surface area contributed by atoms with Crippen molar-refractivity contribution in [2.75, 3.05) is 13.1 Å². The number of carbonyl (C=O) groups excluding carboxylic acids is 3. The third-order valence-corrected chi connectivity index (χ3v) is 5.55. The van der Waals surface area contributed by atoms with Gasteiger partial charge in [-0.15, -0.1) is 0 Å². The highest BCUT2D eigenvalue weighted by Gasteiger charge is 2.36. The predicted octanol–water partition coefficient (Wildman–Crippen LogP) is 3.78. The van der Waals surface area contributed by atoms with Crippen LogP contribution in [-0.4, -0.2) is 46.1 Å². The number of carbonyl (C=O) groups is 4. The Kier molecular flexibility index (Phi) is 8.23. The van der Waals surface area contributed by atoms with E-state index >= 15 is 0 Å². The largest absolute Gasteiger partial charge is 0.481 e. The first-order valence-corrected chi connectivity index (χ1v) is 10.7. The molecule has 0 spiro atoms. The lowest BCUT2D eigenvalue weighted by atomic mass is 9.87. The van der Waals surface area contributed by atoms with Gasteiger partial charge < -0.3 is 10.4 Å². The maximum Gasteiger partial charge on any atom is 0.303 e. The van der Waals surface area contributed by atoms with Gasteiger partial charge in [0.15, 0.2) is 0 Å². The zero-order valence-electron chi connectivity index (χ0n) is 17.6. The van der Waals surface area contributed by atoms with Crippen LogP contribution in [0.2, 0.25) is 0 Å². The van der Waals surface area contributed by atoms with E-state index in [1.165, 1.54) is 5.56 Å². The zero-order valence-corrected chi connectivity index (χ0v) is 18.4. The molecule has 162 valence electrons. The van der Waals surface area contributed by atoms with Crippen molar-refractivity contribution in [3.63, 3.8) is 0 Å². The number of nitrogens with one attached hydrogen (secondary N) is 1. The number of thioether (sulfide) groups is 1. The molecule has 0 atom stereocenters. The van der Waals surface area contributed by atoms with Crippen LogP contribution < -0.4 is 5.32 Å². The Hall–Kier alpha value is -2.61. The summed E-state index contributed by atoms with van der Waals surface area (Å²) < 4.78 is 0. The highest BCUT2D eigenvalue weighted by Crippen LogP contribution is 2.32. The van der Waals surface area contributed by atoms with E-state index in [-0.39, 0.29) is 18.4 Å². The lowest BCUT2D eigenvalue weighted by molar-refractivity contribution is -0.137. The van der Waals surface area contributed by atoms with E-state index in [9.17, 15) is 19.2 Å². The maximum atomic E-state index is 12.5. The van der Waals surface area contributed by atoms with Crippen molar-refractivity contribution in [2.45, 2.75) is 51.9 Å². The van der Waals surface area contributed by atoms with Crippen LogP contribution in [0.5, 0.6) is 0 Å². The summed E-state index contributed by atoms with van der Waals surface area (Å²) in [5.74, 6) is -1.72. The van der Waals surface area contributed by atoms with E-state index in [1.807, 2.05) is 24.3 Å². The second kappa shape index (κ2) is 10.4. The Morgan fingerprint density at radius 3 is 2.37 bits per heavy atom. The molecule has 2 N–H and O–H groups in total. The Morgan fingerprint density at radius 2 is 1.77 bits per heavy atom. The molecule has 0 saturated carbocycles. The quantitative estimate of drug-likeness (QED) is 0.455. The van der Waals surface area contributed by atoms with E-state index in [0.717, 1.165) is 22.2 Å².